The Kier molecular flexibility index (Phi) is 4.68. The van der Waals surface area contributed by atoms with Crippen LogP contribution in [0.4, 0.5) is 5.69 Å². The lowest BCUT2D eigenvalue weighted by Crippen LogP contribution is -1.95. The molecule has 0 radical (unpaired) electrons. The molecular weight excluding hydrogens is 282 g/mol. The molecule has 0 amide bonds. The van der Waals surface area contributed by atoms with Crippen molar-refractivity contribution >= 4 is 17.2 Å². The summed E-state index contributed by atoms with van der Waals surface area (Å²) < 4.78 is 4.59. The van der Waals surface area contributed by atoms with Gasteiger partial charge in [-0.15, -0.1) is 0 Å². The number of esters is 1. The fraction of sp³-hybridized carbons (Fsp3) is 0.118. The first-order chi connectivity index (χ1) is 10.5. The highest BCUT2D eigenvalue weighted by molar-refractivity contribution is 5.91. The van der Waals surface area contributed by atoms with Crippen LogP contribution in [-0.2, 0) is 9.53 Å². The molecule has 0 heterocycles. The molecule has 0 fully saturated rings. The standard InChI is InChI=1S/C17H15NO4/c1-12(10-17(19)22-2)13-6-8-14(9-7-13)15-4-3-5-16(11-15)18(20)21/h3-11H,1-2H3/b12-10+. The Labute approximate surface area is 128 Å². The Bertz CT molecular complexity index is 733. The van der Waals surface area contributed by atoms with Crippen molar-refractivity contribution in [1.29, 1.82) is 0 Å². The van der Waals surface area contributed by atoms with Crippen LogP contribution in [0.15, 0.2) is 54.6 Å². The number of nitro benzene ring substituents is 1. The van der Waals surface area contributed by atoms with Gasteiger partial charge in [-0.25, -0.2) is 4.79 Å². The highest BCUT2D eigenvalue weighted by atomic mass is 16.6. The smallest absolute Gasteiger partial charge is 0.330 e. The molecule has 0 atom stereocenters. The lowest BCUT2D eigenvalue weighted by Gasteiger charge is -2.05. The first-order valence-electron chi connectivity index (χ1n) is 6.63. The molecule has 0 spiro atoms. The topological polar surface area (TPSA) is 69.4 Å². The van der Waals surface area contributed by atoms with Crippen molar-refractivity contribution < 1.29 is 14.5 Å². The number of non-ortho nitro benzene ring substituents is 1. The van der Waals surface area contributed by atoms with Gasteiger partial charge in [0, 0.05) is 18.2 Å². The molecule has 0 N–H and O–H groups in total. The van der Waals surface area contributed by atoms with E-state index in [0.717, 1.165) is 22.3 Å². The number of hydrogen-bond acceptors (Lipinski definition) is 4. The molecular formula is C17H15NO4. The number of carbonyl (C=O) groups is 1. The predicted octanol–water partition coefficient (Wildman–Crippen LogP) is 3.84. The van der Waals surface area contributed by atoms with Crippen molar-refractivity contribution in [2.24, 2.45) is 0 Å². The Morgan fingerprint density at radius 2 is 1.82 bits per heavy atom. The van der Waals surface area contributed by atoms with Crippen molar-refractivity contribution in [3.8, 4) is 11.1 Å². The molecule has 5 nitrogen and oxygen atoms in total. The maximum absolute atomic E-state index is 11.2. The Morgan fingerprint density at radius 3 is 2.41 bits per heavy atom. The van der Waals surface area contributed by atoms with E-state index in [1.165, 1.54) is 25.3 Å². The van der Waals surface area contributed by atoms with Gasteiger partial charge in [0.1, 0.15) is 0 Å². The van der Waals surface area contributed by atoms with Crippen molar-refractivity contribution in [1.82, 2.24) is 0 Å². The maximum Gasteiger partial charge on any atom is 0.330 e. The average molecular weight is 297 g/mol. The summed E-state index contributed by atoms with van der Waals surface area (Å²) in [4.78, 5) is 21.6. The van der Waals surface area contributed by atoms with Crippen molar-refractivity contribution in [3.05, 3.63) is 70.3 Å². The number of rotatable bonds is 4. The molecule has 0 aliphatic carbocycles. The summed E-state index contributed by atoms with van der Waals surface area (Å²) in [6.45, 7) is 1.82. The average Bonchev–Trinajstić information content (AvgIpc) is 2.55. The molecule has 2 aromatic rings. The third-order valence-corrected chi connectivity index (χ3v) is 3.27. The summed E-state index contributed by atoms with van der Waals surface area (Å²) >= 11 is 0. The molecule has 0 aliphatic rings. The molecule has 0 saturated heterocycles. The fourth-order valence-corrected chi connectivity index (χ4v) is 2.04. The minimum atomic E-state index is -0.416. The summed E-state index contributed by atoms with van der Waals surface area (Å²) in [5.41, 5.74) is 3.38. The van der Waals surface area contributed by atoms with Crippen molar-refractivity contribution in [2.45, 2.75) is 6.92 Å². The number of carbonyl (C=O) groups excluding carboxylic acids is 1. The molecule has 5 heteroatoms. The SMILES string of the molecule is COC(=O)/C=C(\C)c1ccc(-c2cccc([N+](=O)[O-])c2)cc1. The minimum Gasteiger partial charge on any atom is -0.466 e. The molecule has 0 unspecified atom stereocenters. The largest absolute Gasteiger partial charge is 0.466 e. The molecule has 0 aliphatic heterocycles. The Hall–Kier alpha value is -2.95. The maximum atomic E-state index is 11.2. The number of nitrogens with zero attached hydrogens (tertiary/aromatic N) is 1. The number of allylic oxidation sites excluding steroid dienone is 1. The normalized spacial score (nSPS) is 11.1. The van der Waals surface area contributed by atoms with Gasteiger partial charge in [0.2, 0.25) is 0 Å². The van der Waals surface area contributed by atoms with Crippen LogP contribution in [0.3, 0.4) is 0 Å². The molecule has 0 aromatic heterocycles. The zero-order chi connectivity index (χ0) is 16.1. The first kappa shape index (κ1) is 15.4. The number of benzene rings is 2. The van der Waals surface area contributed by atoms with Crippen LogP contribution in [0.25, 0.3) is 16.7 Å². The van der Waals surface area contributed by atoms with Gasteiger partial charge in [-0.3, -0.25) is 10.1 Å². The van der Waals surface area contributed by atoms with Gasteiger partial charge in [-0.1, -0.05) is 36.4 Å². The number of methoxy groups -OCH3 is 1. The van der Waals surface area contributed by atoms with Gasteiger partial charge in [0.25, 0.3) is 5.69 Å². The van der Waals surface area contributed by atoms with E-state index in [1.54, 1.807) is 6.07 Å². The van der Waals surface area contributed by atoms with Crippen LogP contribution in [0.1, 0.15) is 12.5 Å². The molecule has 0 bridgehead atoms. The van der Waals surface area contributed by atoms with E-state index in [9.17, 15) is 14.9 Å². The van der Waals surface area contributed by atoms with E-state index < -0.39 is 10.9 Å². The highest BCUT2D eigenvalue weighted by Gasteiger charge is 2.07. The van der Waals surface area contributed by atoms with Crippen LogP contribution in [0, 0.1) is 10.1 Å². The van der Waals surface area contributed by atoms with Gasteiger partial charge in [-0.05, 0) is 29.2 Å². The second-order valence-corrected chi connectivity index (χ2v) is 4.74. The zero-order valence-electron chi connectivity index (χ0n) is 12.3. The fourth-order valence-electron chi connectivity index (χ4n) is 2.04. The van der Waals surface area contributed by atoms with Crippen molar-refractivity contribution in [2.75, 3.05) is 7.11 Å². The van der Waals surface area contributed by atoms with Crippen LogP contribution in [-0.4, -0.2) is 18.0 Å². The van der Waals surface area contributed by atoms with E-state index in [1.807, 2.05) is 37.3 Å². The van der Waals surface area contributed by atoms with E-state index >= 15 is 0 Å². The summed E-state index contributed by atoms with van der Waals surface area (Å²) in [6.07, 6.45) is 1.42. The predicted molar refractivity (Wildman–Crippen MR) is 84.2 cm³/mol. The van der Waals surface area contributed by atoms with Crippen molar-refractivity contribution in [3.63, 3.8) is 0 Å². The number of ether oxygens (including phenoxy) is 1. The van der Waals surface area contributed by atoms with E-state index in [2.05, 4.69) is 4.74 Å². The van der Waals surface area contributed by atoms with E-state index in [4.69, 9.17) is 0 Å². The van der Waals surface area contributed by atoms with Crippen LogP contribution >= 0.6 is 0 Å². The first-order valence-corrected chi connectivity index (χ1v) is 6.63. The Morgan fingerprint density at radius 1 is 1.14 bits per heavy atom. The lowest BCUT2D eigenvalue weighted by molar-refractivity contribution is -0.384. The van der Waals surface area contributed by atoms with Crippen LogP contribution in [0.2, 0.25) is 0 Å². The van der Waals surface area contributed by atoms with E-state index in [-0.39, 0.29) is 5.69 Å². The Balaban J connectivity index is 2.29. The van der Waals surface area contributed by atoms with Gasteiger partial charge in [0.05, 0.1) is 12.0 Å². The summed E-state index contributed by atoms with van der Waals surface area (Å²) in [5.74, 6) is -0.403. The van der Waals surface area contributed by atoms with Gasteiger partial charge in [-0.2, -0.15) is 0 Å². The monoisotopic (exact) mass is 297 g/mol. The quantitative estimate of drug-likeness (QED) is 0.372. The summed E-state index contributed by atoms with van der Waals surface area (Å²) in [5, 5.41) is 10.8. The highest BCUT2D eigenvalue weighted by Crippen LogP contribution is 2.25. The molecule has 112 valence electrons. The summed E-state index contributed by atoms with van der Waals surface area (Å²) in [7, 11) is 1.33. The third kappa shape index (κ3) is 3.58. The molecule has 22 heavy (non-hydrogen) atoms. The number of nitro groups is 1. The zero-order valence-corrected chi connectivity index (χ0v) is 12.3. The minimum absolute atomic E-state index is 0.0587. The van der Waals surface area contributed by atoms with Gasteiger partial charge >= 0.3 is 5.97 Å². The second kappa shape index (κ2) is 6.67. The lowest BCUT2D eigenvalue weighted by atomic mass is 10.0. The molecule has 2 rings (SSSR count). The number of hydrogen-bond donors (Lipinski definition) is 0. The van der Waals surface area contributed by atoms with E-state index in [0.29, 0.717) is 0 Å². The second-order valence-electron chi connectivity index (χ2n) is 4.74. The summed E-state index contributed by atoms with van der Waals surface area (Å²) in [6, 6.07) is 13.9. The third-order valence-electron chi connectivity index (χ3n) is 3.27. The van der Waals surface area contributed by atoms with Gasteiger partial charge < -0.3 is 4.74 Å². The van der Waals surface area contributed by atoms with Crippen LogP contribution in [0.5, 0.6) is 0 Å². The van der Waals surface area contributed by atoms with Gasteiger partial charge in [0.15, 0.2) is 0 Å². The van der Waals surface area contributed by atoms with Crippen LogP contribution < -0.4 is 0 Å². The molecule has 2 aromatic carbocycles. The molecule has 0 saturated carbocycles.